The average Bonchev–Trinajstić information content (AvgIpc) is 4.15. The Kier molecular flexibility index (Phi) is 16.3. The second kappa shape index (κ2) is 21.1. The summed E-state index contributed by atoms with van der Waals surface area (Å²) in [7, 11) is -4.25. The van der Waals surface area contributed by atoms with Crippen molar-refractivity contribution in [3.63, 3.8) is 0 Å². The van der Waals surface area contributed by atoms with Gasteiger partial charge in [0.25, 0.3) is 23.6 Å². The molecule has 63 heavy (non-hydrogen) atoms. The number of fused-ring (bicyclic) bond motifs is 5. The van der Waals surface area contributed by atoms with Crippen LogP contribution in [-0.4, -0.2) is 179 Å². The molecule has 24 heteroatoms. The van der Waals surface area contributed by atoms with Crippen molar-refractivity contribution in [1.29, 1.82) is 0 Å². The van der Waals surface area contributed by atoms with E-state index < -0.39 is 65.2 Å². The molecule has 4 fully saturated rings. The molecule has 20 nitrogen and oxygen atoms in total. The van der Waals surface area contributed by atoms with Crippen molar-refractivity contribution in [3.8, 4) is 0 Å². The van der Waals surface area contributed by atoms with Gasteiger partial charge in [-0.25, -0.2) is 0 Å². The first-order valence-electron chi connectivity index (χ1n) is 19.2. The number of hydrogen-bond acceptors (Lipinski definition) is 17. The molecule has 7 heterocycles. The van der Waals surface area contributed by atoms with Crippen LogP contribution in [0, 0.1) is 11.8 Å². The second-order valence-corrected chi connectivity index (χ2v) is 14.8. The van der Waals surface area contributed by atoms with Crippen molar-refractivity contribution < 1.29 is 82.4 Å². The molecule has 6 amide bonds. The number of β-amino-alcohol motifs (C(OH)–C–C–N with tert-alkyl or cyclic N) is 1. The minimum absolute atomic E-state index is 0. The van der Waals surface area contributed by atoms with E-state index in [1.807, 2.05) is 36.4 Å². The van der Waals surface area contributed by atoms with E-state index in [1.165, 1.54) is 48.6 Å². The lowest BCUT2D eigenvalue weighted by Gasteiger charge is -2.19. The molecule has 2 aromatic rings. The van der Waals surface area contributed by atoms with Crippen LogP contribution in [0.4, 0.5) is 0 Å². The Hall–Kier alpha value is -5.10. The first-order chi connectivity index (χ1) is 29.2. The minimum Gasteiger partial charge on any atom is -0.423 e. The average molecular weight is 873 g/mol. The predicted molar refractivity (Wildman–Crippen MR) is 225 cm³/mol. The second-order valence-electron chi connectivity index (χ2n) is 14.8. The van der Waals surface area contributed by atoms with Gasteiger partial charge < -0.3 is 53.7 Å². The number of rotatable bonds is 11. The lowest BCUT2D eigenvalue weighted by Crippen LogP contribution is -2.41. The molecule has 0 aliphatic carbocycles. The largest absolute Gasteiger partial charge is 0.494 e. The van der Waals surface area contributed by atoms with Gasteiger partial charge in [0.15, 0.2) is 0 Å². The fourth-order valence-electron chi connectivity index (χ4n) is 7.53. The van der Waals surface area contributed by atoms with Gasteiger partial charge in [-0.2, -0.15) is 0 Å². The maximum atomic E-state index is 12.0. The van der Waals surface area contributed by atoms with E-state index in [9.17, 15) is 33.9 Å². The van der Waals surface area contributed by atoms with Crippen molar-refractivity contribution in [2.75, 3.05) is 39.5 Å². The van der Waals surface area contributed by atoms with Crippen molar-refractivity contribution >= 4 is 85.8 Å². The number of imide groups is 3. The van der Waals surface area contributed by atoms with E-state index in [0.717, 1.165) is 25.6 Å². The van der Waals surface area contributed by atoms with Crippen LogP contribution in [0.3, 0.4) is 0 Å². The summed E-state index contributed by atoms with van der Waals surface area (Å²) in [4.78, 5) is 74.2. The molecule has 0 saturated carbocycles. The fourth-order valence-corrected chi connectivity index (χ4v) is 7.53. The fraction of sp³-hybridized carbons (Fsp3) is 0.385. The maximum Gasteiger partial charge on any atom is 0.494 e. The highest BCUT2D eigenvalue weighted by molar-refractivity contribution is 6.64. The number of nitrogens with zero attached hydrogens (tertiary/aromatic N) is 3. The summed E-state index contributed by atoms with van der Waals surface area (Å²) >= 11 is 0. The number of aliphatic hydroxyl groups is 2. The van der Waals surface area contributed by atoms with E-state index in [0.29, 0.717) is 10.9 Å². The monoisotopic (exact) mass is 873 g/mol. The highest BCUT2D eigenvalue weighted by atomic mass is 16.6. The molecule has 9 rings (SSSR count). The highest BCUT2D eigenvalue weighted by Crippen LogP contribution is 2.45. The number of carbonyl (C=O) groups excluding carboxylic acids is 6. The van der Waals surface area contributed by atoms with Gasteiger partial charge in [-0.15, -0.1) is 0 Å². The van der Waals surface area contributed by atoms with E-state index in [4.69, 9.17) is 48.6 Å². The third-order valence-electron chi connectivity index (χ3n) is 10.7. The van der Waals surface area contributed by atoms with E-state index in [1.54, 1.807) is 0 Å². The van der Waals surface area contributed by atoms with Crippen LogP contribution in [0.15, 0.2) is 85.0 Å². The molecule has 4 saturated heterocycles. The standard InChI is InChI=1S/C20H18B2N2O8.C11H13NO5.C6H8B2O4.2CH4/c25-17-5-6-18(26)23(17)9-15-11-29-21(31-15)13-1-2-14(4-3-13)22-30-12-16(32-22)10-24-19(27)7-8-20(24)28;13-4-5(14)3-12-10(15)8-6-1-2-7(17-6)9(8)11(12)16;9-7(10)5-1-2-6(4-3-5)8(11)12;;/h1-8,15-16H,9-12H2;1-2,5-9,13-14H,3-4H2;1-4,9-12H;2*1H4. The zero-order valence-electron chi connectivity index (χ0n) is 32.2. The Morgan fingerprint density at radius 3 is 1.30 bits per heavy atom. The third kappa shape index (κ3) is 10.8. The number of amides is 6. The number of likely N-dealkylation sites (tertiary alicyclic amines) is 1. The van der Waals surface area contributed by atoms with Gasteiger partial charge in [0, 0.05) is 24.3 Å². The number of aliphatic hydroxyl groups excluding tert-OH is 2. The molecule has 6 N–H and O–H groups in total. The topological polar surface area (TPSA) is 280 Å². The van der Waals surface area contributed by atoms with Crippen LogP contribution < -0.4 is 21.9 Å². The van der Waals surface area contributed by atoms with Gasteiger partial charge in [-0.05, 0) is 21.9 Å². The summed E-state index contributed by atoms with van der Waals surface area (Å²) in [5.41, 5.74) is 2.20. The highest BCUT2D eigenvalue weighted by Gasteiger charge is 2.60. The first-order valence-corrected chi connectivity index (χ1v) is 19.2. The molecule has 2 bridgehead atoms. The first kappa shape index (κ1) is 48.9. The summed E-state index contributed by atoms with van der Waals surface area (Å²) in [6.07, 6.45) is 6.08. The number of benzene rings is 2. The smallest absolute Gasteiger partial charge is 0.423 e. The Labute approximate surface area is 363 Å². The molecule has 7 aliphatic rings. The summed E-state index contributed by atoms with van der Waals surface area (Å²) in [6.45, 7) is 0.212. The van der Waals surface area contributed by atoms with Crippen LogP contribution in [0.2, 0.25) is 0 Å². The van der Waals surface area contributed by atoms with Crippen LogP contribution in [0.1, 0.15) is 14.9 Å². The van der Waals surface area contributed by atoms with Crippen molar-refractivity contribution in [2.24, 2.45) is 11.8 Å². The van der Waals surface area contributed by atoms with Crippen LogP contribution in [0.25, 0.3) is 0 Å². The molecule has 0 radical (unpaired) electrons. The molecule has 0 aromatic heterocycles. The molecule has 332 valence electrons. The predicted octanol–water partition coefficient (Wildman–Crippen LogP) is -5.65. The number of hydrogen-bond donors (Lipinski definition) is 6. The van der Waals surface area contributed by atoms with Gasteiger partial charge >= 0.3 is 28.5 Å². The summed E-state index contributed by atoms with van der Waals surface area (Å²) in [5, 5.41) is 52.8. The molecule has 0 spiro atoms. The van der Waals surface area contributed by atoms with Gasteiger partial charge in [0.2, 0.25) is 11.8 Å². The lowest BCUT2D eigenvalue weighted by atomic mass is 9.74. The van der Waals surface area contributed by atoms with Gasteiger partial charge in [0.05, 0.1) is 81.8 Å². The van der Waals surface area contributed by atoms with Crippen LogP contribution in [0.5, 0.6) is 0 Å². The van der Waals surface area contributed by atoms with Crippen molar-refractivity contribution in [2.45, 2.75) is 45.4 Å². The van der Waals surface area contributed by atoms with Crippen LogP contribution in [-0.2, 0) is 52.1 Å². The summed E-state index contributed by atoms with van der Waals surface area (Å²) < 4.78 is 28.5. The summed E-state index contributed by atoms with van der Waals surface area (Å²) in [5.74, 6) is -2.89. The van der Waals surface area contributed by atoms with Crippen molar-refractivity contribution in [1.82, 2.24) is 14.7 Å². The quantitative estimate of drug-likeness (QED) is 0.0698. The van der Waals surface area contributed by atoms with Crippen LogP contribution >= 0.6 is 0 Å². The Morgan fingerprint density at radius 2 is 0.968 bits per heavy atom. The molecule has 7 aliphatic heterocycles. The van der Waals surface area contributed by atoms with Gasteiger partial charge in [-0.1, -0.05) is 75.5 Å². The van der Waals surface area contributed by atoms with E-state index in [2.05, 4.69) is 0 Å². The molecular weight excluding hydrogens is 826 g/mol. The Morgan fingerprint density at radius 1 is 0.603 bits per heavy atom. The Balaban J connectivity index is 0.000000202. The minimum atomic E-state index is -1.52. The zero-order valence-corrected chi connectivity index (χ0v) is 32.2. The number of carbonyl (C=O) groups is 6. The van der Waals surface area contributed by atoms with Gasteiger partial charge in [0.1, 0.15) is 0 Å². The zero-order chi connectivity index (χ0) is 43.5. The third-order valence-corrected chi connectivity index (χ3v) is 10.7. The normalized spacial score (nSPS) is 25.6. The number of ether oxygens (including phenoxy) is 1. The van der Waals surface area contributed by atoms with E-state index in [-0.39, 0.29) is 95.4 Å². The molecule has 7 unspecified atom stereocenters. The van der Waals surface area contributed by atoms with E-state index >= 15 is 0 Å². The SMILES string of the molecule is C.C.O=C1C2C3C=CC(O3)C2C(=O)N1CC(O)CO.O=C1C=CC(=O)N1CC1COB(c2ccc(B3OCC(CN4C(=O)C=CC4=O)O3)cc2)O1.OB(O)c1ccc(B(O)O)cc1. The molecular formula is C39H47B4N3O17. The molecule has 2 aromatic carbocycles. The van der Waals surface area contributed by atoms with Crippen molar-refractivity contribution in [3.05, 3.63) is 85.0 Å². The molecule has 7 atom stereocenters. The maximum absolute atomic E-state index is 12.0. The lowest BCUT2D eigenvalue weighted by molar-refractivity contribution is -0.144. The van der Waals surface area contributed by atoms with Gasteiger partial charge in [-0.3, -0.25) is 43.5 Å². The summed E-state index contributed by atoms with van der Waals surface area (Å²) in [6, 6.07) is 13.0. The Bertz CT molecular complexity index is 1930.